The molecule has 3 nitrogen and oxygen atoms in total. The molecule has 0 amide bonds. The minimum atomic E-state index is -4.16. The van der Waals surface area contributed by atoms with E-state index in [9.17, 15) is 13.2 Å². The first kappa shape index (κ1) is 16.7. The minimum Gasteiger partial charge on any atom is -0.383 e. The maximum absolute atomic E-state index is 12.4. The van der Waals surface area contributed by atoms with Gasteiger partial charge in [0.1, 0.15) is 0 Å². The van der Waals surface area contributed by atoms with Crippen molar-refractivity contribution in [2.24, 2.45) is 0 Å². The molecule has 0 heterocycles. The van der Waals surface area contributed by atoms with E-state index in [1.165, 1.54) is 4.90 Å². The highest BCUT2D eigenvalue weighted by Gasteiger charge is 2.32. The average Bonchev–Trinajstić information content (AvgIpc) is 2.15. The van der Waals surface area contributed by atoms with Crippen molar-refractivity contribution < 1.29 is 17.9 Å². The monoisotopic (exact) mass is 256 g/mol. The van der Waals surface area contributed by atoms with Gasteiger partial charge in [0.25, 0.3) is 0 Å². The molecule has 0 rings (SSSR count). The van der Waals surface area contributed by atoms with E-state index in [1.807, 2.05) is 6.92 Å². The van der Waals surface area contributed by atoms with Crippen LogP contribution in [-0.4, -0.2) is 56.5 Å². The molecule has 6 heteroatoms. The van der Waals surface area contributed by atoms with Gasteiger partial charge in [-0.1, -0.05) is 6.92 Å². The van der Waals surface area contributed by atoms with Crippen molar-refractivity contribution in [2.75, 3.05) is 33.4 Å². The van der Waals surface area contributed by atoms with Gasteiger partial charge in [0.05, 0.1) is 13.2 Å². The smallest absolute Gasteiger partial charge is 0.383 e. The van der Waals surface area contributed by atoms with Crippen LogP contribution in [0.3, 0.4) is 0 Å². The first-order valence-corrected chi connectivity index (χ1v) is 5.83. The molecular weight excluding hydrogens is 233 g/mol. The third-order valence-electron chi connectivity index (χ3n) is 2.43. The molecule has 0 saturated heterocycles. The molecule has 0 aliphatic carbocycles. The first-order chi connectivity index (χ1) is 7.80. The van der Waals surface area contributed by atoms with Crippen LogP contribution >= 0.6 is 0 Å². The van der Waals surface area contributed by atoms with Crippen molar-refractivity contribution >= 4 is 0 Å². The highest BCUT2D eigenvalue weighted by molar-refractivity contribution is 4.75. The number of hydrogen-bond acceptors (Lipinski definition) is 3. The lowest BCUT2D eigenvalue weighted by Crippen LogP contribution is -2.49. The molecule has 0 spiro atoms. The van der Waals surface area contributed by atoms with Gasteiger partial charge in [-0.05, 0) is 20.4 Å². The molecule has 0 bridgehead atoms. The molecule has 0 fully saturated rings. The average molecular weight is 256 g/mol. The van der Waals surface area contributed by atoms with Crippen LogP contribution in [-0.2, 0) is 4.74 Å². The molecule has 1 unspecified atom stereocenters. The summed E-state index contributed by atoms with van der Waals surface area (Å²) < 4.78 is 42.2. The zero-order valence-corrected chi connectivity index (χ0v) is 11.0. The molecule has 1 atom stereocenters. The highest BCUT2D eigenvalue weighted by atomic mass is 19.4. The maximum Gasteiger partial charge on any atom is 0.401 e. The number of nitrogens with zero attached hydrogens (tertiary/aromatic N) is 1. The second kappa shape index (κ2) is 7.89. The fourth-order valence-corrected chi connectivity index (χ4v) is 1.64. The van der Waals surface area contributed by atoms with Gasteiger partial charge in [0.15, 0.2) is 0 Å². The Morgan fingerprint density at radius 3 is 2.24 bits per heavy atom. The van der Waals surface area contributed by atoms with Gasteiger partial charge in [0, 0.05) is 25.7 Å². The van der Waals surface area contributed by atoms with Crippen molar-refractivity contribution in [3.05, 3.63) is 0 Å². The zero-order chi connectivity index (χ0) is 13.5. The molecular formula is C11H23F3N2O. The zero-order valence-electron chi connectivity index (χ0n) is 11.0. The number of likely N-dealkylation sites (N-methyl/N-ethyl adjacent to an activating group) is 1. The Balaban J connectivity index is 4.38. The lowest BCUT2D eigenvalue weighted by molar-refractivity contribution is -0.150. The van der Waals surface area contributed by atoms with Crippen molar-refractivity contribution in [1.29, 1.82) is 0 Å². The first-order valence-electron chi connectivity index (χ1n) is 5.83. The molecule has 0 saturated carbocycles. The number of alkyl halides is 3. The summed E-state index contributed by atoms with van der Waals surface area (Å²) in [6, 6.07) is -0.218. The van der Waals surface area contributed by atoms with Gasteiger partial charge >= 0.3 is 6.18 Å². The van der Waals surface area contributed by atoms with Crippen molar-refractivity contribution in [3.8, 4) is 0 Å². The Morgan fingerprint density at radius 1 is 1.29 bits per heavy atom. The maximum atomic E-state index is 12.4. The van der Waals surface area contributed by atoms with Gasteiger partial charge in [-0.2, -0.15) is 13.2 Å². The van der Waals surface area contributed by atoms with Crippen molar-refractivity contribution in [3.63, 3.8) is 0 Å². The Bertz CT molecular complexity index is 192. The quantitative estimate of drug-likeness (QED) is 0.717. The lowest BCUT2D eigenvalue weighted by Gasteiger charge is -2.31. The second-order valence-electron chi connectivity index (χ2n) is 4.35. The van der Waals surface area contributed by atoms with E-state index in [1.54, 1.807) is 21.0 Å². The third-order valence-corrected chi connectivity index (χ3v) is 2.43. The molecule has 17 heavy (non-hydrogen) atoms. The Kier molecular flexibility index (Phi) is 7.74. The molecule has 1 N–H and O–H groups in total. The van der Waals surface area contributed by atoms with E-state index in [0.29, 0.717) is 19.7 Å². The molecule has 104 valence electrons. The number of nitrogens with one attached hydrogen (secondary N) is 1. The Labute approximate surface area is 101 Å². The topological polar surface area (TPSA) is 24.5 Å². The van der Waals surface area contributed by atoms with Crippen LogP contribution in [0.1, 0.15) is 20.8 Å². The summed E-state index contributed by atoms with van der Waals surface area (Å²) in [6.45, 7) is 6.03. The highest BCUT2D eigenvalue weighted by Crippen LogP contribution is 2.18. The van der Waals surface area contributed by atoms with E-state index < -0.39 is 12.7 Å². The standard InChI is InChI=1S/C11H23F3N2O/c1-5-15-10(7-17-4)6-16(9(2)3)8-11(12,13)14/h9-10,15H,5-8H2,1-4H3. The molecule has 0 aromatic carbocycles. The number of methoxy groups -OCH3 is 1. The number of hydrogen-bond donors (Lipinski definition) is 1. The molecule has 0 aliphatic heterocycles. The van der Waals surface area contributed by atoms with Crippen LogP contribution in [0.4, 0.5) is 13.2 Å². The normalized spacial score (nSPS) is 14.6. The summed E-state index contributed by atoms with van der Waals surface area (Å²) >= 11 is 0. The third kappa shape index (κ3) is 8.40. The van der Waals surface area contributed by atoms with Gasteiger partial charge < -0.3 is 10.1 Å². The lowest BCUT2D eigenvalue weighted by atomic mass is 10.2. The Morgan fingerprint density at radius 2 is 1.88 bits per heavy atom. The SMILES string of the molecule is CCNC(COC)CN(CC(F)(F)F)C(C)C. The summed E-state index contributed by atoms with van der Waals surface area (Å²) in [4.78, 5) is 1.41. The molecule has 0 aromatic heterocycles. The summed E-state index contributed by atoms with van der Waals surface area (Å²) in [5.41, 5.74) is 0. The van der Waals surface area contributed by atoms with E-state index in [2.05, 4.69) is 5.32 Å². The fourth-order valence-electron chi connectivity index (χ4n) is 1.64. The van der Waals surface area contributed by atoms with E-state index in [0.717, 1.165) is 0 Å². The predicted molar refractivity (Wildman–Crippen MR) is 62.1 cm³/mol. The van der Waals surface area contributed by atoms with Crippen molar-refractivity contribution in [2.45, 2.75) is 39.0 Å². The second-order valence-corrected chi connectivity index (χ2v) is 4.35. The fraction of sp³-hybridized carbons (Fsp3) is 1.00. The number of halogens is 3. The van der Waals surface area contributed by atoms with E-state index in [-0.39, 0.29) is 12.1 Å². The minimum absolute atomic E-state index is 0.0743. The summed E-state index contributed by atoms with van der Waals surface area (Å²) in [6.07, 6.45) is -4.16. The van der Waals surface area contributed by atoms with Crippen molar-refractivity contribution in [1.82, 2.24) is 10.2 Å². The van der Waals surface area contributed by atoms with Gasteiger partial charge in [-0.25, -0.2) is 0 Å². The summed E-state index contributed by atoms with van der Waals surface area (Å²) in [7, 11) is 1.55. The molecule has 0 radical (unpaired) electrons. The van der Waals surface area contributed by atoms with E-state index in [4.69, 9.17) is 4.74 Å². The van der Waals surface area contributed by atoms with Gasteiger partial charge in [0.2, 0.25) is 0 Å². The van der Waals surface area contributed by atoms with Gasteiger partial charge in [-0.15, -0.1) is 0 Å². The Hall–Kier alpha value is -0.330. The van der Waals surface area contributed by atoms with Crippen LogP contribution < -0.4 is 5.32 Å². The summed E-state index contributed by atoms with van der Waals surface area (Å²) in [5.74, 6) is 0. The summed E-state index contributed by atoms with van der Waals surface area (Å²) in [5, 5.41) is 3.12. The molecule has 0 aliphatic rings. The number of rotatable bonds is 8. The largest absolute Gasteiger partial charge is 0.401 e. The number of ether oxygens (including phenoxy) is 1. The van der Waals surface area contributed by atoms with Crippen LogP contribution in [0.15, 0.2) is 0 Å². The van der Waals surface area contributed by atoms with Crippen LogP contribution in [0.2, 0.25) is 0 Å². The van der Waals surface area contributed by atoms with E-state index >= 15 is 0 Å². The molecule has 0 aromatic rings. The van der Waals surface area contributed by atoms with Gasteiger partial charge in [-0.3, -0.25) is 4.90 Å². The van der Waals surface area contributed by atoms with Crippen LogP contribution in [0.5, 0.6) is 0 Å². The van der Waals surface area contributed by atoms with Crippen LogP contribution in [0, 0.1) is 0 Å². The van der Waals surface area contributed by atoms with Crippen LogP contribution in [0.25, 0.3) is 0 Å². The predicted octanol–water partition coefficient (Wildman–Crippen LogP) is 1.88.